The van der Waals surface area contributed by atoms with Gasteiger partial charge in [-0.15, -0.1) is 11.3 Å². The third-order valence-electron chi connectivity index (χ3n) is 4.67. The van der Waals surface area contributed by atoms with Crippen LogP contribution in [0.5, 0.6) is 0 Å². The van der Waals surface area contributed by atoms with E-state index in [9.17, 15) is 9.59 Å². The molecule has 6 nitrogen and oxygen atoms in total. The van der Waals surface area contributed by atoms with Crippen molar-refractivity contribution in [1.29, 1.82) is 0 Å². The van der Waals surface area contributed by atoms with Crippen LogP contribution >= 0.6 is 11.3 Å². The molecule has 2 fully saturated rings. The Morgan fingerprint density at radius 1 is 1.25 bits per heavy atom. The van der Waals surface area contributed by atoms with E-state index in [1.165, 1.54) is 14.6 Å². The van der Waals surface area contributed by atoms with Gasteiger partial charge < -0.3 is 4.74 Å². The van der Waals surface area contributed by atoms with Crippen molar-refractivity contribution in [2.45, 2.75) is 18.8 Å². The highest BCUT2D eigenvalue weighted by molar-refractivity contribution is 7.18. The smallest absolute Gasteiger partial charge is 0.416 e. The maximum atomic E-state index is 12.2. The Hall–Kier alpha value is -1.99. The standard InChI is InChI=1S/C17H19N3O3S/c21-15(20-9-10-23-17(20)22)11-19-7-5-12(6-8-19)16-18-13-3-1-2-4-14(13)24-16/h1-4,12H,5-11H2. The first-order valence-corrected chi connectivity index (χ1v) is 9.07. The molecule has 126 valence electrons. The predicted molar refractivity (Wildman–Crippen MR) is 91.1 cm³/mol. The van der Waals surface area contributed by atoms with Crippen LogP contribution in [-0.4, -0.2) is 59.6 Å². The zero-order valence-corrected chi connectivity index (χ0v) is 14.1. The van der Waals surface area contributed by atoms with Crippen molar-refractivity contribution in [2.24, 2.45) is 0 Å². The lowest BCUT2D eigenvalue weighted by Gasteiger charge is -2.31. The van der Waals surface area contributed by atoms with Gasteiger partial charge in [0.1, 0.15) is 6.61 Å². The second-order valence-electron chi connectivity index (χ2n) is 6.23. The fourth-order valence-electron chi connectivity index (χ4n) is 3.30. The molecule has 2 aliphatic heterocycles. The van der Waals surface area contributed by atoms with E-state index in [0.29, 0.717) is 25.6 Å². The zero-order valence-electron chi connectivity index (χ0n) is 13.3. The first kappa shape index (κ1) is 15.5. The number of carbonyl (C=O) groups is 2. The molecule has 2 aromatic rings. The summed E-state index contributed by atoms with van der Waals surface area (Å²) in [5, 5.41) is 1.20. The molecular formula is C17H19N3O3S. The maximum Gasteiger partial charge on any atom is 0.416 e. The lowest BCUT2D eigenvalue weighted by Crippen LogP contribution is -2.43. The van der Waals surface area contributed by atoms with E-state index in [4.69, 9.17) is 9.72 Å². The van der Waals surface area contributed by atoms with Gasteiger partial charge in [-0.05, 0) is 38.1 Å². The molecule has 0 saturated carbocycles. The minimum atomic E-state index is -0.510. The first-order chi connectivity index (χ1) is 11.7. The molecule has 0 spiro atoms. The topological polar surface area (TPSA) is 62.7 Å². The van der Waals surface area contributed by atoms with Crippen LogP contribution in [0.25, 0.3) is 10.2 Å². The Morgan fingerprint density at radius 3 is 2.75 bits per heavy atom. The number of amides is 2. The number of fused-ring (bicyclic) bond motifs is 1. The van der Waals surface area contributed by atoms with Gasteiger partial charge in [-0.2, -0.15) is 0 Å². The second-order valence-corrected chi connectivity index (χ2v) is 7.29. The van der Waals surface area contributed by atoms with Gasteiger partial charge in [-0.3, -0.25) is 9.69 Å². The van der Waals surface area contributed by atoms with Gasteiger partial charge in [-0.1, -0.05) is 12.1 Å². The molecule has 4 rings (SSSR count). The Labute approximate surface area is 144 Å². The van der Waals surface area contributed by atoms with Crippen LogP contribution in [0.4, 0.5) is 4.79 Å². The molecule has 1 aromatic heterocycles. The summed E-state index contributed by atoms with van der Waals surface area (Å²) in [5.74, 6) is 0.307. The van der Waals surface area contributed by atoms with E-state index >= 15 is 0 Å². The average Bonchev–Trinajstić information content (AvgIpc) is 3.21. The average molecular weight is 345 g/mol. The van der Waals surface area contributed by atoms with Crippen molar-refractivity contribution < 1.29 is 14.3 Å². The van der Waals surface area contributed by atoms with E-state index in [-0.39, 0.29) is 5.91 Å². The Morgan fingerprint density at radius 2 is 2.04 bits per heavy atom. The molecule has 7 heteroatoms. The van der Waals surface area contributed by atoms with Crippen molar-refractivity contribution in [3.8, 4) is 0 Å². The number of ether oxygens (including phenoxy) is 1. The minimum Gasteiger partial charge on any atom is -0.447 e. The van der Waals surface area contributed by atoms with Crippen LogP contribution in [0.2, 0.25) is 0 Å². The maximum absolute atomic E-state index is 12.2. The molecule has 2 amide bonds. The number of benzene rings is 1. The number of imide groups is 1. The van der Waals surface area contributed by atoms with Crippen molar-refractivity contribution in [1.82, 2.24) is 14.8 Å². The largest absolute Gasteiger partial charge is 0.447 e. The zero-order chi connectivity index (χ0) is 16.5. The Balaban J connectivity index is 1.34. The number of cyclic esters (lactones) is 1. The normalized spacial score (nSPS) is 19.8. The number of likely N-dealkylation sites (tertiary alicyclic amines) is 1. The lowest BCUT2D eigenvalue weighted by molar-refractivity contribution is -0.129. The van der Waals surface area contributed by atoms with Gasteiger partial charge in [0.05, 0.1) is 28.3 Å². The second kappa shape index (κ2) is 6.49. The highest BCUT2D eigenvalue weighted by Crippen LogP contribution is 2.33. The van der Waals surface area contributed by atoms with E-state index in [1.54, 1.807) is 11.3 Å². The summed E-state index contributed by atoms with van der Waals surface area (Å²) in [4.78, 5) is 31.7. The Bertz CT molecular complexity index is 734. The number of piperidine rings is 1. The first-order valence-electron chi connectivity index (χ1n) is 8.25. The Kier molecular flexibility index (Phi) is 4.20. The molecule has 2 aliphatic rings. The van der Waals surface area contributed by atoms with E-state index in [0.717, 1.165) is 31.4 Å². The lowest BCUT2D eigenvalue weighted by atomic mass is 9.97. The summed E-state index contributed by atoms with van der Waals surface area (Å²) in [6.45, 7) is 2.69. The minimum absolute atomic E-state index is 0.157. The number of nitrogens with zero attached hydrogens (tertiary/aromatic N) is 3. The third-order valence-corrected chi connectivity index (χ3v) is 5.87. The molecule has 1 aromatic carbocycles. The number of hydrogen-bond acceptors (Lipinski definition) is 6. The van der Waals surface area contributed by atoms with Crippen molar-refractivity contribution in [2.75, 3.05) is 32.8 Å². The number of aromatic nitrogens is 1. The molecule has 24 heavy (non-hydrogen) atoms. The van der Waals surface area contributed by atoms with Gasteiger partial charge >= 0.3 is 6.09 Å². The molecule has 0 bridgehead atoms. The van der Waals surface area contributed by atoms with E-state index < -0.39 is 6.09 Å². The molecule has 3 heterocycles. The fourth-order valence-corrected chi connectivity index (χ4v) is 4.44. The van der Waals surface area contributed by atoms with Crippen molar-refractivity contribution >= 4 is 33.6 Å². The van der Waals surface area contributed by atoms with Gasteiger partial charge in [0.25, 0.3) is 0 Å². The summed E-state index contributed by atoms with van der Waals surface area (Å²) in [7, 11) is 0. The highest BCUT2D eigenvalue weighted by Gasteiger charge is 2.31. The molecule has 0 atom stereocenters. The number of hydrogen-bond donors (Lipinski definition) is 0. The third kappa shape index (κ3) is 3.01. The van der Waals surface area contributed by atoms with Gasteiger partial charge in [-0.25, -0.2) is 14.7 Å². The summed E-state index contributed by atoms with van der Waals surface area (Å²) in [5.41, 5.74) is 1.07. The van der Waals surface area contributed by atoms with E-state index in [1.807, 2.05) is 12.1 Å². The van der Waals surface area contributed by atoms with Crippen LogP contribution in [0.1, 0.15) is 23.8 Å². The molecule has 0 unspecified atom stereocenters. The van der Waals surface area contributed by atoms with Crippen LogP contribution in [0.15, 0.2) is 24.3 Å². The summed E-state index contributed by atoms with van der Waals surface area (Å²) >= 11 is 1.77. The van der Waals surface area contributed by atoms with Gasteiger partial charge in [0.15, 0.2) is 0 Å². The SMILES string of the molecule is O=C(CN1CCC(c2nc3ccccc3s2)CC1)N1CCOC1=O. The molecule has 0 radical (unpaired) electrons. The summed E-state index contributed by atoms with van der Waals surface area (Å²) in [6, 6.07) is 8.23. The summed E-state index contributed by atoms with van der Waals surface area (Å²) in [6.07, 6.45) is 1.49. The quantitative estimate of drug-likeness (QED) is 0.855. The highest BCUT2D eigenvalue weighted by atomic mass is 32.1. The van der Waals surface area contributed by atoms with Gasteiger partial charge in [0.2, 0.25) is 5.91 Å². The van der Waals surface area contributed by atoms with Crippen LogP contribution < -0.4 is 0 Å². The number of carbonyl (C=O) groups excluding carboxylic acids is 2. The fraction of sp³-hybridized carbons (Fsp3) is 0.471. The van der Waals surface area contributed by atoms with E-state index in [2.05, 4.69) is 17.0 Å². The monoisotopic (exact) mass is 345 g/mol. The van der Waals surface area contributed by atoms with Crippen LogP contribution in [0.3, 0.4) is 0 Å². The number of para-hydroxylation sites is 1. The molecule has 0 N–H and O–H groups in total. The number of rotatable bonds is 3. The predicted octanol–water partition coefficient (Wildman–Crippen LogP) is 2.45. The van der Waals surface area contributed by atoms with Crippen LogP contribution in [0, 0.1) is 0 Å². The van der Waals surface area contributed by atoms with Crippen LogP contribution in [-0.2, 0) is 9.53 Å². The number of thiazole rings is 1. The summed E-state index contributed by atoms with van der Waals surface area (Å²) < 4.78 is 6.05. The molecule has 0 aliphatic carbocycles. The van der Waals surface area contributed by atoms with Crippen molar-refractivity contribution in [3.05, 3.63) is 29.3 Å². The van der Waals surface area contributed by atoms with Gasteiger partial charge in [0, 0.05) is 5.92 Å². The molecular weight excluding hydrogens is 326 g/mol. The van der Waals surface area contributed by atoms with Crippen molar-refractivity contribution in [3.63, 3.8) is 0 Å². The molecule has 2 saturated heterocycles.